The third kappa shape index (κ3) is 2.46. The fraction of sp³-hybridized carbons (Fsp3) is 0.250. The van der Waals surface area contributed by atoms with E-state index in [1.807, 2.05) is 6.92 Å². The molecular formula is C12H13FN2S. The Labute approximate surface area is 97.9 Å². The van der Waals surface area contributed by atoms with Crippen LogP contribution in [-0.2, 0) is 13.0 Å². The van der Waals surface area contributed by atoms with Crippen LogP contribution >= 0.6 is 11.3 Å². The van der Waals surface area contributed by atoms with E-state index in [1.54, 1.807) is 23.5 Å². The number of hydrogen-bond acceptors (Lipinski definition) is 3. The van der Waals surface area contributed by atoms with Gasteiger partial charge in [-0.1, -0.05) is 12.1 Å². The van der Waals surface area contributed by atoms with Gasteiger partial charge in [0, 0.05) is 17.8 Å². The van der Waals surface area contributed by atoms with Crippen LogP contribution in [0.5, 0.6) is 0 Å². The molecule has 0 fully saturated rings. The zero-order valence-electron chi connectivity index (χ0n) is 9.03. The molecule has 0 aliphatic heterocycles. The lowest BCUT2D eigenvalue weighted by atomic mass is 10.1. The van der Waals surface area contributed by atoms with Crippen LogP contribution in [0.15, 0.2) is 24.3 Å². The van der Waals surface area contributed by atoms with E-state index < -0.39 is 0 Å². The molecule has 0 aliphatic carbocycles. The van der Waals surface area contributed by atoms with Crippen molar-refractivity contribution in [3.05, 3.63) is 51.2 Å². The normalized spacial score (nSPS) is 10.7. The molecule has 16 heavy (non-hydrogen) atoms. The van der Waals surface area contributed by atoms with E-state index in [1.165, 1.54) is 12.1 Å². The van der Waals surface area contributed by atoms with Gasteiger partial charge >= 0.3 is 0 Å². The van der Waals surface area contributed by atoms with Crippen molar-refractivity contribution in [2.24, 2.45) is 5.73 Å². The predicted molar refractivity (Wildman–Crippen MR) is 63.9 cm³/mol. The Morgan fingerprint density at radius 3 is 2.56 bits per heavy atom. The Hall–Kier alpha value is -1.26. The highest BCUT2D eigenvalue weighted by molar-refractivity contribution is 7.11. The highest BCUT2D eigenvalue weighted by Gasteiger charge is 2.06. The van der Waals surface area contributed by atoms with Gasteiger partial charge in [-0.25, -0.2) is 9.37 Å². The summed E-state index contributed by atoms with van der Waals surface area (Å²) in [4.78, 5) is 5.57. The minimum absolute atomic E-state index is 0.207. The Morgan fingerprint density at radius 1 is 1.31 bits per heavy atom. The fourth-order valence-corrected chi connectivity index (χ4v) is 2.51. The summed E-state index contributed by atoms with van der Waals surface area (Å²) in [5.41, 5.74) is 7.67. The number of halogens is 1. The first-order valence-electron chi connectivity index (χ1n) is 5.08. The van der Waals surface area contributed by atoms with Gasteiger partial charge in [0.15, 0.2) is 0 Å². The third-order valence-corrected chi connectivity index (χ3v) is 3.57. The third-order valence-electron chi connectivity index (χ3n) is 2.39. The van der Waals surface area contributed by atoms with Gasteiger partial charge in [-0.05, 0) is 24.6 Å². The lowest BCUT2D eigenvalue weighted by Crippen LogP contribution is -1.94. The van der Waals surface area contributed by atoms with Crippen LogP contribution < -0.4 is 5.73 Å². The van der Waals surface area contributed by atoms with Crippen LogP contribution in [0.2, 0.25) is 0 Å². The van der Waals surface area contributed by atoms with Crippen molar-refractivity contribution in [2.75, 3.05) is 0 Å². The van der Waals surface area contributed by atoms with E-state index >= 15 is 0 Å². The van der Waals surface area contributed by atoms with Gasteiger partial charge in [0.25, 0.3) is 0 Å². The Morgan fingerprint density at radius 2 is 2.00 bits per heavy atom. The smallest absolute Gasteiger partial charge is 0.123 e. The minimum atomic E-state index is -0.207. The van der Waals surface area contributed by atoms with Crippen molar-refractivity contribution in [1.29, 1.82) is 0 Å². The summed E-state index contributed by atoms with van der Waals surface area (Å²) in [6.45, 7) is 2.50. The lowest BCUT2D eigenvalue weighted by Gasteiger charge is -1.96. The minimum Gasteiger partial charge on any atom is -0.326 e. The summed E-state index contributed by atoms with van der Waals surface area (Å²) < 4.78 is 12.7. The molecule has 0 radical (unpaired) electrons. The van der Waals surface area contributed by atoms with Crippen molar-refractivity contribution in [2.45, 2.75) is 19.9 Å². The Balaban J connectivity index is 2.17. The predicted octanol–water partition coefficient (Wildman–Crippen LogP) is 2.64. The van der Waals surface area contributed by atoms with Crippen molar-refractivity contribution in [3.63, 3.8) is 0 Å². The first-order valence-corrected chi connectivity index (χ1v) is 5.90. The van der Waals surface area contributed by atoms with E-state index in [9.17, 15) is 4.39 Å². The van der Waals surface area contributed by atoms with Crippen LogP contribution in [0.4, 0.5) is 4.39 Å². The van der Waals surface area contributed by atoms with E-state index in [0.29, 0.717) is 6.54 Å². The van der Waals surface area contributed by atoms with Crippen LogP contribution in [0, 0.1) is 12.7 Å². The summed E-state index contributed by atoms with van der Waals surface area (Å²) in [7, 11) is 0. The molecule has 2 N–H and O–H groups in total. The molecule has 0 bridgehead atoms. The van der Waals surface area contributed by atoms with Crippen LogP contribution in [-0.4, -0.2) is 4.98 Å². The maximum absolute atomic E-state index is 12.7. The van der Waals surface area contributed by atoms with Gasteiger partial charge < -0.3 is 5.73 Å². The number of rotatable bonds is 3. The number of thiazole rings is 1. The first kappa shape index (κ1) is 11.2. The molecule has 0 aliphatic rings. The standard InChI is InChI=1S/C12H13FN2S/c1-8-11(7-14)16-12(15-8)6-9-2-4-10(13)5-3-9/h2-5H,6-7,14H2,1H3. The van der Waals surface area contributed by atoms with Gasteiger partial charge in [0.2, 0.25) is 0 Å². The van der Waals surface area contributed by atoms with E-state index in [2.05, 4.69) is 4.98 Å². The van der Waals surface area contributed by atoms with Gasteiger partial charge in [0.1, 0.15) is 5.82 Å². The SMILES string of the molecule is Cc1nc(Cc2ccc(F)cc2)sc1CN. The second-order valence-corrected chi connectivity index (χ2v) is 4.79. The van der Waals surface area contributed by atoms with E-state index in [-0.39, 0.29) is 5.82 Å². The fourth-order valence-electron chi connectivity index (χ4n) is 1.53. The summed E-state index contributed by atoms with van der Waals surface area (Å²) in [5, 5.41) is 1.03. The number of aryl methyl sites for hydroxylation is 1. The number of nitrogens with two attached hydrogens (primary N) is 1. The monoisotopic (exact) mass is 236 g/mol. The molecular weight excluding hydrogens is 223 g/mol. The van der Waals surface area contributed by atoms with Gasteiger partial charge in [0.05, 0.1) is 10.7 Å². The van der Waals surface area contributed by atoms with Crippen LogP contribution in [0.25, 0.3) is 0 Å². The van der Waals surface area contributed by atoms with Crippen LogP contribution in [0.3, 0.4) is 0 Å². The molecule has 1 heterocycles. The molecule has 0 spiro atoms. The zero-order chi connectivity index (χ0) is 11.5. The lowest BCUT2D eigenvalue weighted by molar-refractivity contribution is 0.627. The summed E-state index contributed by atoms with van der Waals surface area (Å²) in [5.74, 6) is -0.207. The van der Waals surface area contributed by atoms with Gasteiger partial charge in [-0.2, -0.15) is 0 Å². The summed E-state index contributed by atoms with van der Waals surface area (Å²) >= 11 is 1.63. The highest BCUT2D eigenvalue weighted by atomic mass is 32.1. The number of aromatic nitrogens is 1. The van der Waals surface area contributed by atoms with E-state index in [4.69, 9.17) is 5.73 Å². The Bertz CT molecular complexity index is 476. The molecule has 84 valence electrons. The van der Waals surface area contributed by atoms with Crippen molar-refractivity contribution >= 4 is 11.3 Å². The average Bonchev–Trinajstić information content (AvgIpc) is 2.62. The number of nitrogens with zero attached hydrogens (tertiary/aromatic N) is 1. The molecule has 0 saturated heterocycles. The average molecular weight is 236 g/mol. The van der Waals surface area contributed by atoms with Crippen LogP contribution in [0.1, 0.15) is 21.1 Å². The maximum Gasteiger partial charge on any atom is 0.123 e. The number of hydrogen-bond donors (Lipinski definition) is 1. The van der Waals surface area contributed by atoms with Gasteiger partial charge in [-0.3, -0.25) is 0 Å². The quantitative estimate of drug-likeness (QED) is 0.889. The second kappa shape index (κ2) is 4.72. The Kier molecular flexibility index (Phi) is 3.31. The molecule has 1 aromatic carbocycles. The zero-order valence-corrected chi connectivity index (χ0v) is 9.85. The first-order chi connectivity index (χ1) is 7.69. The summed E-state index contributed by atoms with van der Waals surface area (Å²) in [6.07, 6.45) is 0.742. The molecule has 2 rings (SSSR count). The number of benzene rings is 1. The topological polar surface area (TPSA) is 38.9 Å². The van der Waals surface area contributed by atoms with Crippen molar-refractivity contribution in [3.8, 4) is 0 Å². The van der Waals surface area contributed by atoms with Gasteiger partial charge in [-0.15, -0.1) is 11.3 Å². The molecule has 0 saturated carbocycles. The molecule has 0 atom stereocenters. The second-order valence-electron chi connectivity index (χ2n) is 3.62. The highest BCUT2D eigenvalue weighted by Crippen LogP contribution is 2.20. The van der Waals surface area contributed by atoms with Crippen molar-refractivity contribution < 1.29 is 4.39 Å². The maximum atomic E-state index is 12.7. The molecule has 2 aromatic rings. The molecule has 2 nitrogen and oxygen atoms in total. The molecule has 0 amide bonds. The molecule has 0 unspecified atom stereocenters. The largest absolute Gasteiger partial charge is 0.326 e. The van der Waals surface area contributed by atoms with Crippen molar-refractivity contribution in [1.82, 2.24) is 4.98 Å². The molecule has 4 heteroatoms. The van der Waals surface area contributed by atoms with E-state index in [0.717, 1.165) is 27.6 Å². The summed E-state index contributed by atoms with van der Waals surface area (Å²) in [6, 6.07) is 6.52. The molecule has 1 aromatic heterocycles.